The van der Waals surface area contributed by atoms with Crippen LogP contribution in [0, 0.1) is 11.6 Å². The van der Waals surface area contributed by atoms with E-state index in [4.69, 9.17) is 14.6 Å². The molecule has 3 heterocycles. The number of carbonyl (C=O) groups is 1. The maximum atomic E-state index is 14.0. The standard InChI is InChI=1S/C29H35F2N5O5SSi/c1-42(38,39)35-12-10-21(11-13-35)33-28-26-25(34-36(28)18-40-14-15-43(2,3)4)22-9-8-19(16-20(22)17-32-26)29(37)41-27-23(30)6-5-7-24(27)31/h5-9,16-17,21,33H,10-15,18H2,1-4H3. The Morgan fingerprint density at radius 3 is 2.44 bits per heavy atom. The molecule has 1 saturated heterocycles. The highest BCUT2D eigenvalue weighted by Crippen LogP contribution is 2.31. The number of para-hydroxylation sites is 1. The number of rotatable bonds is 10. The van der Waals surface area contributed by atoms with Gasteiger partial charge in [0.2, 0.25) is 15.8 Å². The Balaban J connectivity index is 1.44. The average Bonchev–Trinajstić information content (AvgIpc) is 3.29. The Kier molecular flexibility index (Phi) is 8.84. The Hall–Kier alpha value is -3.46. The molecule has 0 aliphatic carbocycles. The van der Waals surface area contributed by atoms with Gasteiger partial charge in [-0.05, 0) is 43.2 Å². The highest BCUT2D eigenvalue weighted by Gasteiger charge is 2.27. The topological polar surface area (TPSA) is 116 Å². The molecule has 1 N–H and O–H groups in total. The molecule has 0 unspecified atom stereocenters. The molecule has 0 amide bonds. The quantitative estimate of drug-likeness (QED) is 0.110. The zero-order valence-corrected chi connectivity index (χ0v) is 26.4. The molecule has 0 spiro atoms. The minimum Gasteiger partial charge on any atom is -0.417 e. The number of aromatic nitrogens is 3. The number of benzene rings is 2. The van der Waals surface area contributed by atoms with Gasteiger partial charge in [0.05, 0.1) is 11.8 Å². The van der Waals surface area contributed by atoms with Crippen LogP contribution in [0.15, 0.2) is 42.6 Å². The molecule has 1 aliphatic heterocycles. The second kappa shape index (κ2) is 12.3. The molecule has 10 nitrogen and oxygen atoms in total. The molecule has 43 heavy (non-hydrogen) atoms. The van der Waals surface area contributed by atoms with Gasteiger partial charge in [-0.2, -0.15) is 5.10 Å². The van der Waals surface area contributed by atoms with Crippen LogP contribution in [-0.2, 0) is 21.5 Å². The van der Waals surface area contributed by atoms with Crippen molar-refractivity contribution < 1.29 is 31.5 Å². The lowest BCUT2D eigenvalue weighted by atomic mass is 10.1. The van der Waals surface area contributed by atoms with Gasteiger partial charge in [0.1, 0.15) is 17.8 Å². The van der Waals surface area contributed by atoms with Crippen molar-refractivity contribution in [2.45, 2.75) is 51.3 Å². The number of hydrogen-bond donors (Lipinski definition) is 1. The number of ether oxygens (including phenoxy) is 2. The highest BCUT2D eigenvalue weighted by atomic mass is 32.2. The average molecular weight is 632 g/mol. The van der Waals surface area contributed by atoms with Crippen molar-refractivity contribution in [2.75, 3.05) is 31.3 Å². The van der Waals surface area contributed by atoms with Gasteiger partial charge in [-0.3, -0.25) is 0 Å². The van der Waals surface area contributed by atoms with E-state index in [0.717, 1.165) is 23.6 Å². The van der Waals surface area contributed by atoms with Gasteiger partial charge >= 0.3 is 5.97 Å². The van der Waals surface area contributed by atoms with Crippen LogP contribution in [0.3, 0.4) is 0 Å². The van der Waals surface area contributed by atoms with Crippen molar-refractivity contribution in [3.63, 3.8) is 0 Å². The van der Waals surface area contributed by atoms with Crippen LogP contribution in [-0.4, -0.2) is 73.5 Å². The van der Waals surface area contributed by atoms with E-state index >= 15 is 0 Å². The number of nitrogens with zero attached hydrogens (tertiary/aromatic N) is 4. The minimum atomic E-state index is -3.25. The van der Waals surface area contributed by atoms with Gasteiger partial charge in [0.15, 0.2) is 17.5 Å². The first kappa shape index (κ1) is 31.0. The van der Waals surface area contributed by atoms with Crippen LogP contribution in [0.25, 0.3) is 21.8 Å². The van der Waals surface area contributed by atoms with Crippen molar-refractivity contribution in [1.29, 1.82) is 0 Å². The number of fused-ring (bicyclic) bond motifs is 3. The third-order valence-corrected chi connectivity index (χ3v) is 10.4. The maximum absolute atomic E-state index is 14.0. The van der Waals surface area contributed by atoms with E-state index in [2.05, 4.69) is 29.9 Å². The number of sulfonamides is 1. The summed E-state index contributed by atoms with van der Waals surface area (Å²) in [7, 11) is -4.54. The molecular formula is C29H35F2N5O5SSi. The summed E-state index contributed by atoms with van der Waals surface area (Å²) < 4.78 is 66.2. The van der Waals surface area contributed by atoms with E-state index in [1.165, 1.54) is 22.7 Å². The summed E-state index contributed by atoms with van der Waals surface area (Å²) in [6, 6.07) is 8.97. The van der Waals surface area contributed by atoms with E-state index in [1.807, 2.05) is 0 Å². The van der Waals surface area contributed by atoms with E-state index in [0.29, 0.717) is 54.8 Å². The van der Waals surface area contributed by atoms with E-state index in [1.54, 1.807) is 23.0 Å². The molecule has 0 radical (unpaired) electrons. The van der Waals surface area contributed by atoms with Crippen LogP contribution in [0.1, 0.15) is 23.2 Å². The molecule has 14 heteroatoms. The number of esters is 1. The lowest BCUT2D eigenvalue weighted by Crippen LogP contribution is -2.42. The summed E-state index contributed by atoms with van der Waals surface area (Å²) in [6.07, 6.45) is 4.07. The smallest absolute Gasteiger partial charge is 0.343 e. The molecular weight excluding hydrogens is 596 g/mol. The van der Waals surface area contributed by atoms with Crippen LogP contribution in [0.5, 0.6) is 5.75 Å². The molecule has 2 aromatic heterocycles. The van der Waals surface area contributed by atoms with Gasteiger partial charge < -0.3 is 14.8 Å². The predicted octanol–water partition coefficient (Wildman–Crippen LogP) is 5.23. The lowest BCUT2D eigenvalue weighted by Gasteiger charge is -2.31. The Morgan fingerprint density at radius 2 is 1.79 bits per heavy atom. The number of pyridine rings is 1. The minimum absolute atomic E-state index is 0.00653. The van der Waals surface area contributed by atoms with Crippen molar-refractivity contribution in [1.82, 2.24) is 19.1 Å². The third-order valence-electron chi connectivity index (χ3n) is 7.39. The zero-order valence-electron chi connectivity index (χ0n) is 24.6. The number of anilines is 1. The fraction of sp³-hybridized carbons (Fsp3) is 0.414. The fourth-order valence-corrected chi connectivity index (χ4v) is 6.56. The summed E-state index contributed by atoms with van der Waals surface area (Å²) in [5.41, 5.74) is 1.29. The second-order valence-electron chi connectivity index (χ2n) is 12.0. The summed E-state index contributed by atoms with van der Waals surface area (Å²) in [4.78, 5) is 17.4. The first-order chi connectivity index (χ1) is 20.3. The SMILES string of the molecule is C[Si](C)(C)CCOCn1nc2c(ncc3cc(C(=O)Oc4c(F)cccc4F)ccc32)c1NC1CCN(S(C)(=O)=O)CC1. The summed E-state index contributed by atoms with van der Waals surface area (Å²) in [5.74, 6) is -2.95. The fourth-order valence-electron chi connectivity index (χ4n) is 4.92. The number of hydrogen-bond acceptors (Lipinski definition) is 8. The first-order valence-corrected chi connectivity index (χ1v) is 19.6. The van der Waals surface area contributed by atoms with Crippen molar-refractivity contribution in [2.24, 2.45) is 0 Å². The van der Waals surface area contributed by atoms with Crippen molar-refractivity contribution in [3.05, 3.63) is 59.8 Å². The van der Waals surface area contributed by atoms with Crippen molar-refractivity contribution >= 4 is 51.7 Å². The molecule has 5 rings (SSSR count). The van der Waals surface area contributed by atoms with Gasteiger partial charge in [0.25, 0.3) is 0 Å². The predicted molar refractivity (Wildman–Crippen MR) is 164 cm³/mol. The molecule has 4 aromatic rings. The molecule has 0 bridgehead atoms. The van der Waals surface area contributed by atoms with E-state index < -0.39 is 41.5 Å². The van der Waals surface area contributed by atoms with E-state index in [9.17, 15) is 22.0 Å². The Labute approximate surface area is 250 Å². The van der Waals surface area contributed by atoms with Gasteiger partial charge in [0, 0.05) is 50.8 Å². The maximum Gasteiger partial charge on any atom is 0.343 e. The monoisotopic (exact) mass is 631 g/mol. The molecule has 1 aliphatic rings. The number of piperidine rings is 1. The summed E-state index contributed by atoms with van der Waals surface area (Å²) in [5, 5.41) is 9.66. The number of carbonyl (C=O) groups excluding carboxylic acids is 1. The van der Waals surface area contributed by atoms with Gasteiger partial charge in [-0.1, -0.05) is 31.8 Å². The lowest BCUT2D eigenvalue weighted by molar-refractivity contribution is 0.0720. The third kappa shape index (κ3) is 7.20. The zero-order chi connectivity index (χ0) is 30.9. The largest absolute Gasteiger partial charge is 0.417 e. The normalized spacial score (nSPS) is 15.3. The summed E-state index contributed by atoms with van der Waals surface area (Å²) in [6.45, 7) is 8.47. The number of nitrogens with one attached hydrogen (secondary N) is 1. The second-order valence-corrected chi connectivity index (χ2v) is 19.6. The van der Waals surface area contributed by atoms with Crippen LogP contribution >= 0.6 is 0 Å². The van der Waals surface area contributed by atoms with Crippen LogP contribution in [0.4, 0.5) is 14.6 Å². The van der Waals surface area contributed by atoms with Gasteiger partial charge in [-0.15, -0.1) is 0 Å². The van der Waals surface area contributed by atoms with Crippen LogP contribution < -0.4 is 10.1 Å². The van der Waals surface area contributed by atoms with E-state index in [-0.39, 0.29) is 18.3 Å². The molecule has 0 saturated carbocycles. The Morgan fingerprint density at radius 1 is 1.09 bits per heavy atom. The molecule has 1 fully saturated rings. The molecule has 2 aromatic carbocycles. The Bertz CT molecular complexity index is 1750. The van der Waals surface area contributed by atoms with Crippen LogP contribution in [0.2, 0.25) is 25.7 Å². The molecule has 0 atom stereocenters. The van der Waals surface area contributed by atoms with Gasteiger partial charge in [-0.25, -0.2) is 36.0 Å². The highest BCUT2D eigenvalue weighted by molar-refractivity contribution is 7.88. The summed E-state index contributed by atoms with van der Waals surface area (Å²) >= 11 is 0. The molecule has 230 valence electrons. The first-order valence-electron chi connectivity index (χ1n) is 14.0. The number of halogens is 2. The van der Waals surface area contributed by atoms with Crippen molar-refractivity contribution in [3.8, 4) is 5.75 Å².